The van der Waals surface area contributed by atoms with E-state index in [-0.39, 0.29) is 17.0 Å². The number of aryl methyl sites for hydroxylation is 1. The summed E-state index contributed by atoms with van der Waals surface area (Å²) in [5.74, 6) is 0. The van der Waals surface area contributed by atoms with Crippen molar-refractivity contribution in [3.63, 3.8) is 0 Å². The number of rotatable bonds is 5. The van der Waals surface area contributed by atoms with Gasteiger partial charge < -0.3 is 10.5 Å². The van der Waals surface area contributed by atoms with E-state index in [4.69, 9.17) is 15.7 Å². The molecule has 0 amide bonds. The van der Waals surface area contributed by atoms with E-state index in [9.17, 15) is 8.42 Å². The van der Waals surface area contributed by atoms with Crippen molar-refractivity contribution in [2.75, 3.05) is 6.61 Å². The summed E-state index contributed by atoms with van der Waals surface area (Å²) in [7, 11) is -3.68. The van der Waals surface area contributed by atoms with Gasteiger partial charge in [0.25, 0.3) is 0 Å². The third-order valence-corrected chi connectivity index (χ3v) is 5.25. The molecule has 0 radical (unpaired) electrons. The average molecular weight is 309 g/mol. The smallest absolute Gasteiger partial charge is 0.241 e. The first-order valence-corrected chi connectivity index (χ1v) is 8.27. The maximum absolute atomic E-state index is 12.4. The lowest BCUT2D eigenvalue weighted by atomic mass is 9.84. The highest BCUT2D eigenvalue weighted by atomic mass is 32.2. The van der Waals surface area contributed by atoms with Crippen LogP contribution in [0.25, 0.3) is 0 Å². The van der Waals surface area contributed by atoms with Crippen molar-refractivity contribution < 1.29 is 13.2 Å². The van der Waals surface area contributed by atoms with Crippen LogP contribution in [0.5, 0.6) is 0 Å². The zero-order valence-electron chi connectivity index (χ0n) is 12.0. The van der Waals surface area contributed by atoms with Gasteiger partial charge in [-0.15, -0.1) is 0 Å². The van der Waals surface area contributed by atoms with Crippen LogP contribution in [0.15, 0.2) is 23.1 Å². The third-order valence-electron chi connectivity index (χ3n) is 3.63. The minimum atomic E-state index is -3.68. The molecule has 2 rings (SSSR count). The normalized spacial score (nSPS) is 25.1. The highest BCUT2D eigenvalue weighted by molar-refractivity contribution is 7.89. The summed E-state index contributed by atoms with van der Waals surface area (Å²) in [6.07, 6.45) is 0.464. The average Bonchev–Trinajstić information content (AvgIpc) is 2.44. The number of benzene rings is 1. The number of sulfonamides is 1. The molecule has 1 aromatic carbocycles. The Labute approximate surface area is 125 Å². The molecule has 114 valence electrons. The summed E-state index contributed by atoms with van der Waals surface area (Å²) in [4.78, 5) is 0.163. The molecule has 1 aromatic rings. The maximum atomic E-state index is 12.4. The lowest BCUT2D eigenvalue weighted by molar-refractivity contribution is -0.0248. The molecule has 1 saturated carbocycles. The molecule has 1 aliphatic rings. The standard InChI is InChI=1S/C14H19N3O3S/c1-3-20-12-7-11(16)14(12)17-21(18,19)13-5-4-10(8-15)6-9(13)2/h4-6,11-12,14,17H,3,7,16H2,1-2H3. The second kappa shape index (κ2) is 6.12. The first kappa shape index (κ1) is 15.9. The Kier molecular flexibility index (Phi) is 4.64. The highest BCUT2D eigenvalue weighted by Gasteiger charge is 2.42. The van der Waals surface area contributed by atoms with Crippen LogP contribution in [-0.4, -0.2) is 33.2 Å². The van der Waals surface area contributed by atoms with Crippen LogP contribution >= 0.6 is 0 Å². The number of nitrogens with zero attached hydrogens (tertiary/aromatic N) is 1. The predicted molar refractivity (Wildman–Crippen MR) is 78.0 cm³/mol. The Morgan fingerprint density at radius 1 is 1.52 bits per heavy atom. The fourth-order valence-corrected chi connectivity index (χ4v) is 4.00. The molecule has 21 heavy (non-hydrogen) atoms. The van der Waals surface area contributed by atoms with Gasteiger partial charge in [-0.3, -0.25) is 0 Å². The molecule has 3 N–H and O–H groups in total. The van der Waals surface area contributed by atoms with Crippen molar-refractivity contribution in [1.82, 2.24) is 4.72 Å². The monoisotopic (exact) mass is 309 g/mol. The first-order valence-electron chi connectivity index (χ1n) is 6.79. The van der Waals surface area contributed by atoms with E-state index in [2.05, 4.69) is 4.72 Å². The third kappa shape index (κ3) is 3.24. The highest BCUT2D eigenvalue weighted by Crippen LogP contribution is 2.25. The van der Waals surface area contributed by atoms with Crippen LogP contribution < -0.4 is 10.5 Å². The molecule has 1 fully saturated rings. The van der Waals surface area contributed by atoms with Gasteiger partial charge in [-0.05, 0) is 44.0 Å². The van der Waals surface area contributed by atoms with Gasteiger partial charge in [0.15, 0.2) is 0 Å². The van der Waals surface area contributed by atoms with E-state index >= 15 is 0 Å². The molecule has 0 aliphatic heterocycles. The Bertz CT molecular complexity index is 665. The van der Waals surface area contributed by atoms with E-state index in [1.807, 2.05) is 13.0 Å². The molecule has 0 saturated heterocycles. The fraction of sp³-hybridized carbons (Fsp3) is 0.500. The van der Waals surface area contributed by atoms with Crippen LogP contribution in [0.2, 0.25) is 0 Å². The zero-order valence-corrected chi connectivity index (χ0v) is 12.9. The van der Waals surface area contributed by atoms with Gasteiger partial charge in [0.1, 0.15) is 0 Å². The number of hydrogen-bond donors (Lipinski definition) is 2. The molecule has 0 bridgehead atoms. The first-order chi connectivity index (χ1) is 9.89. The summed E-state index contributed by atoms with van der Waals surface area (Å²) in [6.45, 7) is 4.04. The number of nitrogens with one attached hydrogen (secondary N) is 1. The van der Waals surface area contributed by atoms with Gasteiger partial charge in [0.2, 0.25) is 10.0 Å². The van der Waals surface area contributed by atoms with E-state index in [0.717, 1.165) is 0 Å². The number of ether oxygens (including phenoxy) is 1. The number of nitriles is 1. The largest absolute Gasteiger partial charge is 0.377 e. The summed E-state index contributed by atoms with van der Waals surface area (Å²) >= 11 is 0. The Morgan fingerprint density at radius 2 is 2.24 bits per heavy atom. The second-order valence-electron chi connectivity index (χ2n) is 5.13. The summed E-state index contributed by atoms with van der Waals surface area (Å²) in [5, 5.41) is 8.83. The Balaban J connectivity index is 2.21. The van der Waals surface area contributed by atoms with Crippen LogP contribution in [0.3, 0.4) is 0 Å². The Hall–Kier alpha value is -1.46. The van der Waals surface area contributed by atoms with Crippen LogP contribution in [0.1, 0.15) is 24.5 Å². The molecule has 0 aromatic heterocycles. The van der Waals surface area contributed by atoms with E-state index < -0.39 is 16.1 Å². The molecule has 7 heteroatoms. The minimum Gasteiger partial charge on any atom is -0.377 e. The van der Waals surface area contributed by atoms with Crippen molar-refractivity contribution >= 4 is 10.0 Å². The molecule has 6 nitrogen and oxygen atoms in total. The predicted octanol–water partition coefficient (Wildman–Crippen LogP) is 0.650. The van der Waals surface area contributed by atoms with Crippen LogP contribution in [-0.2, 0) is 14.8 Å². The van der Waals surface area contributed by atoms with Gasteiger partial charge >= 0.3 is 0 Å². The van der Waals surface area contributed by atoms with Crippen molar-refractivity contribution in [3.05, 3.63) is 29.3 Å². The molecule has 3 atom stereocenters. The number of hydrogen-bond acceptors (Lipinski definition) is 5. The van der Waals surface area contributed by atoms with Gasteiger partial charge in [0, 0.05) is 12.6 Å². The number of nitrogens with two attached hydrogens (primary N) is 1. The second-order valence-corrected chi connectivity index (χ2v) is 6.81. The topological polar surface area (TPSA) is 105 Å². The van der Waals surface area contributed by atoms with Gasteiger partial charge in [-0.1, -0.05) is 0 Å². The molecular weight excluding hydrogens is 290 g/mol. The van der Waals surface area contributed by atoms with Crippen molar-refractivity contribution in [3.8, 4) is 6.07 Å². The lowest BCUT2D eigenvalue weighted by Crippen LogP contribution is -2.64. The summed E-state index contributed by atoms with van der Waals surface area (Å²) in [6, 6.07) is 5.81. The lowest BCUT2D eigenvalue weighted by Gasteiger charge is -2.42. The SMILES string of the molecule is CCOC1CC(N)C1NS(=O)(=O)c1ccc(C#N)cc1C. The van der Waals surface area contributed by atoms with E-state index in [0.29, 0.717) is 24.2 Å². The molecule has 3 unspecified atom stereocenters. The van der Waals surface area contributed by atoms with Crippen molar-refractivity contribution in [2.24, 2.45) is 5.73 Å². The van der Waals surface area contributed by atoms with Crippen molar-refractivity contribution in [1.29, 1.82) is 5.26 Å². The van der Waals surface area contributed by atoms with E-state index in [1.165, 1.54) is 12.1 Å². The minimum absolute atomic E-state index is 0.163. The van der Waals surface area contributed by atoms with Gasteiger partial charge in [-0.25, -0.2) is 13.1 Å². The van der Waals surface area contributed by atoms with Crippen molar-refractivity contribution in [2.45, 2.75) is 43.4 Å². The zero-order chi connectivity index (χ0) is 15.6. The molecule has 0 heterocycles. The maximum Gasteiger partial charge on any atom is 0.241 e. The Morgan fingerprint density at radius 3 is 2.76 bits per heavy atom. The fourth-order valence-electron chi connectivity index (χ4n) is 2.45. The van der Waals surface area contributed by atoms with Gasteiger partial charge in [0.05, 0.1) is 28.7 Å². The van der Waals surface area contributed by atoms with Crippen LogP contribution in [0, 0.1) is 18.3 Å². The van der Waals surface area contributed by atoms with E-state index in [1.54, 1.807) is 13.0 Å². The summed E-state index contributed by atoms with van der Waals surface area (Å²) < 4.78 is 33.0. The van der Waals surface area contributed by atoms with Crippen LogP contribution in [0.4, 0.5) is 0 Å². The molecular formula is C14H19N3O3S. The summed E-state index contributed by atoms with van der Waals surface area (Å²) in [5.41, 5.74) is 6.82. The quantitative estimate of drug-likeness (QED) is 0.831. The van der Waals surface area contributed by atoms with Gasteiger partial charge in [-0.2, -0.15) is 5.26 Å². The molecule has 1 aliphatic carbocycles. The molecule has 0 spiro atoms.